The summed E-state index contributed by atoms with van der Waals surface area (Å²) in [5.41, 5.74) is 3.12. The van der Waals surface area contributed by atoms with Crippen molar-refractivity contribution in [3.8, 4) is 0 Å². The lowest BCUT2D eigenvalue weighted by Gasteiger charge is -2.35. The molecule has 1 aliphatic heterocycles. The van der Waals surface area contributed by atoms with Crippen molar-refractivity contribution in [2.75, 3.05) is 25.5 Å². The van der Waals surface area contributed by atoms with E-state index in [-0.39, 0.29) is 17.8 Å². The lowest BCUT2D eigenvalue weighted by molar-refractivity contribution is 0.0675. The third-order valence-corrected chi connectivity index (χ3v) is 4.51. The van der Waals surface area contributed by atoms with E-state index in [1.54, 1.807) is 16.0 Å². The quantitative estimate of drug-likeness (QED) is 0.850. The number of amides is 1. The second kappa shape index (κ2) is 6.19. The van der Waals surface area contributed by atoms with Crippen LogP contribution < -0.4 is 4.90 Å². The molecule has 0 bridgehead atoms. The van der Waals surface area contributed by atoms with Crippen LogP contribution in [0.25, 0.3) is 0 Å². The highest BCUT2D eigenvalue weighted by molar-refractivity contribution is 5.95. The van der Waals surface area contributed by atoms with Crippen molar-refractivity contribution < 1.29 is 9.18 Å². The third kappa shape index (κ3) is 2.84. The van der Waals surface area contributed by atoms with E-state index in [4.69, 9.17) is 0 Å². The maximum Gasteiger partial charge on any atom is 0.257 e. The molecular weight excluding hydrogens is 307 g/mol. The van der Waals surface area contributed by atoms with E-state index >= 15 is 0 Å². The number of anilines is 1. The Hall–Kier alpha value is -2.50. The summed E-state index contributed by atoms with van der Waals surface area (Å²) < 4.78 is 13.6. The van der Waals surface area contributed by atoms with Gasteiger partial charge >= 0.3 is 0 Å². The largest absolute Gasteiger partial charge is 0.347 e. The fraction of sp³-hybridized carbons (Fsp3) is 0.389. The molecule has 0 saturated carbocycles. The Morgan fingerprint density at radius 2 is 2.12 bits per heavy atom. The molecule has 0 radical (unpaired) electrons. The first-order valence-electron chi connectivity index (χ1n) is 7.98. The van der Waals surface area contributed by atoms with Gasteiger partial charge in [-0.3, -0.25) is 4.79 Å². The van der Waals surface area contributed by atoms with Gasteiger partial charge in [0.2, 0.25) is 5.95 Å². The van der Waals surface area contributed by atoms with E-state index in [2.05, 4.69) is 9.97 Å². The standard InChI is InChI=1S/C18H21FN4O/c1-11-16(10-20-18(21-11)22(3)4)17(24)23-8-7-13-5-6-14(19)9-15(13)12(23)2/h5-6,9-10,12H,7-8H2,1-4H3/t12-/m1/s1. The van der Waals surface area contributed by atoms with Gasteiger partial charge in [-0.25, -0.2) is 14.4 Å². The van der Waals surface area contributed by atoms with Gasteiger partial charge in [-0.1, -0.05) is 6.07 Å². The molecular formula is C18H21FN4O. The topological polar surface area (TPSA) is 49.3 Å². The first-order chi connectivity index (χ1) is 11.4. The average molecular weight is 328 g/mol. The highest BCUT2D eigenvalue weighted by Gasteiger charge is 2.29. The number of benzene rings is 1. The van der Waals surface area contributed by atoms with Crippen LogP contribution in [0.5, 0.6) is 0 Å². The van der Waals surface area contributed by atoms with Crippen molar-refractivity contribution in [3.05, 3.63) is 52.6 Å². The molecule has 1 aromatic heterocycles. The van der Waals surface area contributed by atoms with Crippen LogP contribution in [0.3, 0.4) is 0 Å². The van der Waals surface area contributed by atoms with Crippen molar-refractivity contribution in [2.24, 2.45) is 0 Å². The molecule has 3 rings (SSSR count). The molecule has 1 aliphatic rings. The number of halogens is 1. The Balaban J connectivity index is 1.91. The zero-order valence-electron chi connectivity index (χ0n) is 14.4. The molecule has 0 fully saturated rings. The van der Waals surface area contributed by atoms with Gasteiger partial charge in [-0.15, -0.1) is 0 Å². The molecule has 2 heterocycles. The summed E-state index contributed by atoms with van der Waals surface area (Å²) in [6.07, 6.45) is 2.30. The minimum atomic E-state index is -0.273. The number of aryl methyl sites for hydroxylation is 1. The van der Waals surface area contributed by atoms with Gasteiger partial charge in [-0.05, 0) is 43.5 Å². The maximum atomic E-state index is 13.6. The monoisotopic (exact) mass is 328 g/mol. The van der Waals surface area contributed by atoms with Gasteiger partial charge in [0, 0.05) is 26.8 Å². The molecule has 0 aliphatic carbocycles. The van der Waals surface area contributed by atoms with E-state index < -0.39 is 0 Å². The lowest BCUT2D eigenvalue weighted by Crippen LogP contribution is -2.39. The molecule has 1 aromatic carbocycles. The fourth-order valence-corrected chi connectivity index (χ4v) is 3.10. The Morgan fingerprint density at radius 1 is 1.38 bits per heavy atom. The molecule has 0 unspecified atom stereocenters. The molecule has 2 aromatic rings. The van der Waals surface area contributed by atoms with Crippen LogP contribution >= 0.6 is 0 Å². The summed E-state index contributed by atoms with van der Waals surface area (Å²) in [4.78, 5) is 25.1. The van der Waals surface area contributed by atoms with E-state index in [0.717, 1.165) is 17.5 Å². The molecule has 0 N–H and O–H groups in total. The average Bonchev–Trinajstić information content (AvgIpc) is 2.55. The van der Waals surface area contributed by atoms with Crippen molar-refractivity contribution in [3.63, 3.8) is 0 Å². The van der Waals surface area contributed by atoms with E-state index in [1.807, 2.05) is 34.0 Å². The minimum absolute atomic E-state index is 0.111. The Bertz CT molecular complexity index is 791. The molecule has 126 valence electrons. The van der Waals surface area contributed by atoms with Crippen LogP contribution in [-0.4, -0.2) is 41.4 Å². The zero-order valence-corrected chi connectivity index (χ0v) is 14.4. The van der Waals surface area contributed by atoms with Gasteiger partial charge in [0.15, 0.2) is 0 Å². The Morgan fingerprint density at radius 3 is 2.79 bits per heavy atom. The van der Waals surface area contributed by atoms with Gasteiger partial charge in [0.25, 0.3) is 5.91 Å². The highest BCUT2D eigenvalue weighted by atomic mass is 19.1. The maximum absolute atomic E-state index is 13.6. The summed E-state index contributed by atoms with van der Waals surface area (Å²) in [6, 6.07) is 4.63. The minimum Gasteiger partial charge on any atom is -0.347 e. The zero-order chi connectivity index (χ0) is 17.4. The Kier molecular flexibility index (Phi) is 4.22. The summed E-state index contributed by atoms with van der Waals surface area (Å²) in [7, 11) is 3.71. The van der Waals surface area contributed by atoms with Gasteiger partial charge in [0.1, 0.15) is 5.82 Å². The van der Waals surface area contributed by atoms with Crippen LogP contribution in [-0.2, 0) is 6.42 Å². The van der Waals surface area contributed by atoms with E-state index in [9.17, 15) is 9.18 Å². The van der Waals surface area contributed by atoms with Crippen LogP contribution in [0.15, 0.2) is 24.4 Å². The molecule has 0 saturated heterocycles. The molecule has 24 heavy (non-hydrogen) atoms. The lowest BCUT2D eigenvalue weighted by atomic mass is 9.93. The van der Waals surface area contributed by atoms with Crippen LogP contribution in [0.1, 0.15) is 40.1 Å². The van der Waals surface area contributed by atoms with E-state index in [1.165, 1.54) is 12.1 Å². The summed E-state index contributed by atoms with van der Waals surface area (Å²) in [5, 5.41) is 0. The molecule has 1 amide bonds. The summed E-state index contributed by atoms with van der Waals surface area (Å²) in [6.45, 7) is 4.34. The SMILES string of the molecule is Cc1nc(N(C)C)ncc1C(=O)N1CCc2ccc(F)cc2[C@H]1C. The summed E-state index contributed by atoms with van der Waals surface area (Å²) in [5.74, 6) is 0.188. The second-order valence-corrected chi connectivity index (χ2v) is 6.33. The predicted molar refractivity (Wildman–Crippen MR) is 90.7 cm³/mol. The fourth-order valence-electron chi connectivity index (χ4n) is 3.10. The molecule has 0 spiro atoms. The number of nitrogens with zero attached hydrogens (tertiary/aromatic N) is 4. The molecule has 1 atom stereocenters. The van der Waals surface area contributed by atoms with Crippen LogP contribution in [0, 0.1) is 12.7 Å². The number of aromatic nitrogens is 2. The summed E-state index contributed by atoms with van der Waals surface area (Å²) >= 11 is 0. The van der Waals surface area contributed by atoms with Crippen LogP contribution in [0.2, 0.25) is 0 Å². The first kappa shape index (κ1) is 16.4. The van der Waals surface area contributed by atoms with Crippen molar-refractivity contribution in [2.45, 2.75) is 26.3 Å². The Labute approximate surface area is 141 Å². The van der Waals surface area contributed by atoms with Crippen molar-refractivity contribution in [1.29, 1.82) is 0 Å². The number of hydrogen-bond donors (Lipinski definition) is 0. The van der Waals surface area contributed by atoms with Gasteiger partial charge < -0.3 is 9.80 Å². The molecule has 5 nitrogen and oxygen atoms in total. The first-order valence-corrected chi connectivity index (χ1v) is 7.98. The third-order valence-electron chi connectivity index (χ3n) is 4.51. The van der Waals surface area contributed by atoms with Crippen molar-refractivity contribution >= 4 is 11.9 Å². The van der Waals surface area contributed by atoms with Crippen molar-refractivity contribution in [1.82, 2.24) is 14.9 Å². The van der Waals surface area contributed by atoms with Crippen LogP contribution in [0.4, 0.5) is 10.3 Å². The predicted octanol–water partition coefficient (Wildman–Crippen LogP) is 2.75. The van der Waals surface area contributed by atoms with Gasteiger partial charge in [-0.2, -0.15) is 0 Å². The highest BCUT2D eigenvalue weighted by Crippen LogP contribution is 2.31. The number of rotatable bonds is 2. The molecule has 6 heteroatoms. The smallest absolute Gasteiger partial charge is 0.257 e. The number of hydrogen-bond acceptors (Lipinski definition) is 4. The number of fused-ring (bicyclic) bond motifs is 1. The number of carbonyl (C=O) groups is 1. The number of carbonyl (C=O) groups excluding carboxylic acids is 1. The normalized spacial score (nSPS) is 16.7. The second-order valence-electron chi connectivity index (χ2n) is 6.33. The van der Waals surface area contributed by atoms with Gasteiger partial charge in [0.05, 0.1) is 17.3 Å². The van der Waals surface area contributed by atoms with E-state index in [0.29, 0.717) is 23.8 Å².